The molecule has 1 N–H and O–H groups in total. The maximum Gasteiger partial charge on any atom is 0.233 e. The normalized spacial score (nSPS) is 23.1. The molecule has 1 saturated heterocycles. The summed E-state index contributed by atoms with van der Waals surface area (Å²) in [6, 6.07) is 4.12. The molecule has 2 fully saturated rings. The number of benzene rings is 1. The van der Waals surface area contributed by atoms with Crippen molar-refractivity contribution in [2.75, 3.05) is 13.7 Å². The van der Waals surface area contributed by atoms with Crippen molar-refractivity contribution in [1.82, 2.24) is 10.2 Å². The smallest absolute Gasteiger partial charge is 0.233 e. The van der Waals surface area contributed by atoms with Crippen LogP contribution in [0.25, 0.3) is 0 Å². The number of nitrogens with one attached hydrogen (secondary N) is 1. The highest BCUT2D eigenvalue weighted by molar-refractivity contribution is 6.05. The van der Waals surface area contributed by atoms with Gasteiger partial charge in [-0.2, -0.15) is 0 Å². The summed E-state index contributed by atoms with van der Waals surface area (Å²) in [6.07, 6.45) is 3.52. The fourth-order valence-electron chi connectivity index (χ4n) is 4.01. The van der Waals surface area contributed by atoms with Crippen molar-refractivity contribution in [3.8, 4) is 5.75 Å². The molecule has 0 radical (unpaired) electrons. The summed E-state index contributed by atoms with van der Waals surface area (Å²) in [5, 5.41) is 2.78. The zero-order valence-corrected chi connectivity index (χ0v) is 15.7. The van der Waals surface area contributed by atoms with Crippen LogP contribution in [0.5, 0.6) is 5.75 Å². The van der Waals surface area contributed by atoms with Crippen molar-refractivity contribution in [2.24, 2.45) is 11.8 Å². The Kier molecular flexibility index (Phi) is 5.77. The monoisotopic (exact) mass is 376 g/mol. The SMILES string of the molecule is COc1ccc([C@@H](C)NC(=O)CCN2C(=O)[C@H]3CCCC[C@H]3C2=O)cc1F. The third-order valence-corrected chi connectivity index (χ3v) is 5.55. The van der Waals surface area contributed by atoms with Gasteiger partial charge in [0.15, 0.2) is 11.6 Å². The Labute approximate surface area is 158 Å². The van der Waals surface area contributed by atoms with Gasteiger partial charge in [-0.3, -0.25) is 19.3 Å². The predicted octanol–water partition coefficient (Wildman–Crippen LogP) is 2.58. The standard InChI is InChI=1S/C20H25FN2O4/c1-12(13-7-8-17(27-2)16(21)11-13)22-18(24)9-10-23-19(25)14-5-3-4-6-15(14)20(23)26/h7-8,11-12,14-15H,3-6,9-10H2,1-2H3,(H,22,24)/t12-,14-,15+/m1/s1. The molecule has 3 amide bonds. The number of likely N-dealkylation sites (tertiary alicyclic amines) is 1. The van der Waals surface area contributed by atoms with Gasteiger partial charge in [0.25, 0.3) is 0 Å². The zero-order valence-electron chi connectivity index (χ0n) is 15.7. The van der Waals surface area contributed by atoms with Gasteiger partial charge in [0, 0.05) is 13.0 Å². The van der Waals surface area contributed by atoms with E-state index in [1.807, 2.05) is 0 Å². The number of ether oxygens (including phenoxy) is 1. The lowest BCUT2D eigenvalue weighted by Gasteiger charge is -2.19. The van der Waals surface area contributed by atoms with Crippen LogP contribution in [0.2, 0.25) is 0 Å². The number of hydrogen-bond acceptors (Lipinski definition) is 4. The summed E-state index contributed by atoms with van der Waals surface area (Å²) >= 11 is 0. The molecule has 1 heterocycles. The van der Waals surface area contributed by atoms with Gasteiger partial charge in [-0.15, -0.1) is 0 Å². The van der Waals surface area contributed by atoms with E-state index in [1.54, 1.807) is 13.0 Å². The molecule has 146 valence electrons. The first-order valence-corrected chi connectivity index (χ1v) is 9.40. The molecule has 0 spiro atoms. The minimum absolute atomic E-state index is 0.0416. The number of rotatable bonds is 6. The average Bonchev–Trinajstić information content (AvgIpc) is 2.90. The van der Waals surface area contributed by atoms with E-state index in [2.05, 4.69) is 5.32 Å². The van der Waals surface area contributed by atoms with Gasteiger partial charge in [0.2, 0.25) is 17.7 Å². The van der Waals surface area contributed by atoms with Crippen LogP contribution in [0.3, 0.4) is 0 Å². The van der Waals surface area contributed by atoms with Gasteiger partial charge >= 0.3 is 0 Å². The maximum atomic E-state index is 13.8. The molecule has 27 heavy (non-hydrogen) atoms. The van der Waals surface area contributed by atoms with Crippen LogP contribution in [-0.2, 0) is 14.4 Å². The Hall–Kier alpha value is -2.44. The Morgan fingerprint density at radius 3 is 2.44 bits per heavy atom. The quantitative estimate of drug-likeness (QED) is 0.775. The first-order chi connectivity index (χ1) is 12.9. The zero-order chi connectivity index (χ0) is 19.6. The highest BCUT2D eigenvalue weighted by Crippen LogP contribution is 2.38. The minimum atomic E-state index is -0.494. The highest BCUT2D eigenvalue weighted by atomic mass is 19.1. The topological polar surface area (TPSA) is 75.7 Å². The second kappa shape index (κ2) is 8.06. The molecule has 1 saturated carbocycles. The first kappa shape index (κ1) is 19.3. The Morgan fingerprint density at radius 1 is 1.26 bits per heavy atom. The van der Waals surface area contributed by atoms with E-state index >= 15 is 0 Å². The van der Waals surface area contributed by atoms with Crippen LogP contribution in [0, 0.1) is 17.7 Å². The third kappa shape index (κ3) is 3.96. The lowest BCUT2D eigenvalue weighted by atomic mass is 9.81. The number of carbonyl (C=O) groups excluding carboxylic acids is 3. The molecule has 6 nitrogen and oxygen atoms in total. The summed E-state index contributed by atoms with van der Waals surface area (Å²) < 4.78 is 18.7. The summed E-state index contributed by atoms with van der Waals surface area (Å²) in [7, 11) is 1.39. The second-order valence-electron chi connectivity index (χ2n) is 7.26. The van der Waals surface area contributed by atoms with Crippen LogP contribution in [0.1, 0.15) is 50.6 Å². The number of hydrogen-bond donors (Lipinski definition) is 1. The van der Waals surface area contributed by atoms with E-state index in [9.17, 15) is 18.8 Å². The number of imide groups is 1. The fraction of sp³-hybridized carbons (Fsp3) is 0.550. The Bertz CT molecular complexity index is 727. The lowest BCUT2D eigenvalue weighted by Crippen LogP contribution is -2.36. The molecular weight excluding hydrogens is 351 g/mol. The molecular formula is C20H25FN2O4. The average molecular weight is 376 g/mol. The summed E-state index contributed by atoms with van der Waals surface area (Å²) in [6.45, 7) is 1.85. The molecule has 0 unspecified atom stereocenters. The summed E-state index contributed by atoms with van der Waals surface area (Å²) in [5.41, 5.74) is 0.612. The molecule has 3 rings (SSSR count). The Morgan fingerprint density at radius 2 is 1.89 bits per heavy atom. The molecule has 2 aliphatic rings. The summed E-state index contributed by atoms with van der Waals surface area (Å²) in [5.74, 6) is -1.30. The van der Waals surface area contributed by atoms with E-state index in [4.69, 9.17) is 4.74 Å². The number of carbonyl (C=O) groups is 3. The van der Waals surface area contributed by atoms with Crippen molar-refractivity contribution < 1.29 is 23.5 Å². The van der Waals surface area contributed by atoms with E-state index < -0.39 is 11.9 Å². The number of halogens is 1. The van der Waals surface area contributed by atoms with Gasteiger partial charge < -0.3 is 10.1 Å². The van der Waals surface area contributed by atoms with Crippen molar-refractivity contribution in [2.45, 2.75) is 45.1 Å². The van der Waals surface area contributed by atoms with Gasteiger partial charge in [-0.05, 0) is 37.5 Å². The third-order valence-electron chi connectivity index (χ3n) is 5.55. The van der Waals surface area contributed by atoms with Gasteiger partial charge in [-0.1, -0.05) is 18.9 Å². The van der Waals surface area contributed by atoms with Crippen molar-refractivity contribution >= 4 is 17.7 Å². The van der Waals surface area contributed by atoms with E-state index in [1.165, 1.54) is 24.1 Å². The molecule has 1 aliphatic heterocycles. The van der Waals surface area contributed by atoms with E-state index in [0.717, 1.165) is 25.7 Å². The maximum absolute atomic E-state index is 13.8. The van der Waals surface area contributed by atoms with Gasteiger partial charge in [-0.25, -0.2) is 4.39 Å². The molecule has 0 aromatic heterocycles. The highest BCUT2D eigenvalue weighted by Gasteiger charge is 2.47. The van der Waals surface area contributed by atoms with Crippen molar-refractivity contribution in [3.63, 3.8) is 0 Å². The van der Waals surface area contributed by atoms with Crippen LogP contribution < -0.4 is 10.1 Å². The number of nitrogens with zero attached hydrogens (tertiary/aromatic N) is 1. The molecule has 1 aromatic carbocycles. The van der Waals surface area contributed by atoms with Crippen molar-refractivity contribution in [1.29, 1.82) is 0 Å². The molecule has 0 bridgehead atoms. The van der Waals surface area contributed by atoms with Crippen LogP contribution in [0.15, 0.2) is 18.2 Å². The van der Waals surface area contributed by atoms with Crippen molar-refractivity contribution in [3.05, 3.63) is 29.6 Å². The summed E-state index contributed by atoms with van der Waals surface area (Å²) in [4.78, 5) is 38.3. The predicted molar refractivity (Wildman–Crippen MR) is 96.3 cm³/mol. The fourth-order valence-corrected chi connectivity index (χ4v) is 4.01. The Balaban J connectivity index is 1.54. The van der Waals surface area contributed by atoms with Crippen LogP contribution in [0.4, 0.5) is 4.39 Å². The first-order valence-electron chi connectivity index (χ1n) is 9.40. The number of fused-ring (bicyclic) bond motifs is 1. The van der Waals surface area contributed by atoms with E-state index in [-0.39, 0.29) is 48.3 Å². The van der Waals surface area contributed by atoms with Gasteiger partial charge in [0.05, 0.1) is 25.0 Å². The van der Waals surface area contributed by atoms with Crippen LogP contribution in [-0.4, -0.2) is 36.3 Å². The number of amides is 3. The molecule has 3 atom stereocenters. The lowest BCUT2D eigenvalue weighted by molar-refractivity contribution is -0.140. The largest absolute Gasteiger partial charge is 0.494 e. The second-order valence-corrected chi connectivity index (χ2v) is 7.26. The minimum Gasteiger partial charge on any atom is -0.494 e. The molecule has 1 aromatic rings. The van der Waals surface area contributed by atoms with Gasteiger partial charge in [0.1, 0.15) is 0 Å². The molecule has 7 heteroatoms. The van der Waals surface area contributed by atoms with E-state index in [0.29, 0.717) is 5.56 Å². The van der Waals surface area contributed by atoms with Crippen LogP contribution >= 0.6 is 0 Å². The number of methoxy groups -OCH3 is 1. The molecule has 1 aliphatic carbocycles.